The first-order valence-electron chi connectivity index (χ1n) is 6.55. The number of carbonyl (C=O) groups is 1. The number of amides is 1. The van der Waals surface area contributed by atoms with Gasteiger partial charge < -0.3 is 11.1 Å². The van der Waals surface area contributed by atoms with Crippen LogP contribution in [0.3, 0.4) is 0 Å². The van der Waals surface area contributed by atoms with Crippen LogP contribution < -0.4 is 11.1 Å². The van der Waals surface area contributed by atoms with Gasteiger partial charge in [0.1, 0.15) is 5.69 Å². The summed E-state index contributed by atoms with van der Waals surface area (Å²) in [7, 11) is 0. The average molecular weight is 322 g/mol. The Kier molecular flexibility index (Phi) is 5.12. The van der Waals surface area contributed by atoms with Gasteiger partial charge in [-0.15, -0.1) is 23.7 Å². The zero-order valence-electron chi connectivity index (χ0n) is 11.3. The molecule has 0 fully saturated rings. The first kappa shape index (κ1) is 15.7. The number of pyridine rings is 1. The number of nitrogens with two attached hydrogens (primary N) is 1. The third-order valence-corrected chi connectivity index (χ3v) is 4.28. The number of hydrogen-bond donors (Lipinski definition) is 2. The summed E-state index contributed by atoms with van der Waals surface area (Å²) in [6.07, 6.45) is 2.55. The molecular formula is C15H16ClN3OS. The van der Waals surface area contributed by atoms with E-state index in [1.165, 1.54) is 10.1 Å². The van der Waals surface area contributed by atoms with Gasteiger partial charge in [0, 0.05) is 28.2 Å². The Morgan fingerprint density at radius 3 is 2.86 bits per heavy atom. The molecule has 3 rings (SSSR count). The highest BCUT2D eigenvalue weighted by atomic mass is 35.5. The van der Waals surface area contributed by atoms with Crippen LogP contribution in [0.15, 0.2) is 36.5 Å². The third-order valence-electron chi connectivity index (χ3n) is 3.16. The molecule has 0 saturated carbocycles. The smallest absolute Gasteiger partial charge is 0.269 e. The number of aromatic nitrogens is 1. The highest BCUT2D eigenvalue weighted by Crippen LogP contribution is 2.33. The lowest BCUT2D eigenvalue weighted by Crippen LogP contribution is -2.26. The van der Waals surface area contributed by atoms with E-state index in [2.05, 4.69) is 22.4 Å². The van der Waals surface area contributed by atoms with Gasteiger partial charge in [-0.25, -0.2) is 4.98 Å². The number of rotatable bonds is 4. The molecule has 0 spiro atoms. The molecule has 0 radical (unpaired) electrons. The molecule has 4 nitrogen and oxygen atoms in total. The highest BCUT2D eigenvalue weighted by molar-refractivity contribution is 7.25. The lowest BCUT2D eigenvalue weighted by molar-refractivity contribution is 0.0948. The van der Waals surface area contributed by atoms with Gasteiger partial charge in [-0.2, -0.15) is 0 Å². The minimum Gasteiger partial charge on any atom is -0.351 e. The predicted octanol–water partition coefficient (Wildman–Crippen LogP) is 2.95. The van der Waals surface area contributed by atoms with Crippen molar-refractivity contribution in [3.05, 3.63) is 42.2 Å². The quantitative estimate of drug-likeness (QED) is 0.726. The Balaban J connectivity index is 0.00000161. The molecule has 0 aliphatic rings. The van der Waals surface area contributed by atoms with Crippen molar-refractivity contribution in [1.29, 1.82) is 0 Å². The lowest BCUT2D eigenvalue weighted by atomic mass is 10.1. The largest absolute Gasteiger partial charge is 0.351 e. The van der Waals surface area contributed by atoms with E-state index in [-0.39, 0.29) is 18.3 Å². The van der Waals surface area contributed by atoms with Gasteiger partial charge in [0.25, 0.3) is 5.91 Å². The van der Waals surface area contributed by atoms with Crippen molar-refractivity contribution < 1.29 is 4.79 Å². The summed E-state index contributed by atoms with van der Waals surface area (Å²) >= 11 is 1.69. The molecule has 0 aliphatic carbocycles. The van der Waals surface area contributed by atoms with Crippen molar-refractivity contribution in [1.82, 2.24) is 10.3 Å². The number of nitrogens with zero attached hydrogens (tertiary/aromatic N) is 1. The molecule has 1 aromatic carbocycles. The molecule has 6 heteroatoms. The normalized spacial score (nSPS) is 10.5. The topological polar surface area (TPSA) is 68.0 Å². The Morgan fingerprint density at radius 2 is 2.05 bits per heavy atom. The third kappa shape index (κ3) is 3.15. The molecule has 0 aliphatic heterocycles. The summed E-state index contributed by atoms with van der Waals surface area (Å²) < 4.78 is 2.31. The van der Waals surface area contributed by atoms with E-state index in [4.69, 9.17) is 5.73 Å². The van der Waals surface area contributed by atoms with Crippen molar-refractivity contribution in [2.75, 3.05) is 13.1 Å². The van der Waals surface area contributed by atoms with E-state index in [9.17, 15) is 4.79 Å². The molecule has 2 heterocycles. The fraction of sp³-hybridized carbons (Fsp3) is 0.200. The molecule has 0 bridgehead atoms. The van der Waals surface area contributed by atoms with Crippen molar-refractivity contribution in [2.45, 2.75) is 6.42 Å². The fourth-order valence-electron chi connectivity index (χ4n) is 2.15. The van der Waals surface area contributed by atoms with Gasteiger partial charge >= 0.3 is 0 Å². The zero-order chi connectivity index (χ0) is 13.9. The van der Waals surface area contributed by atoms with Crippen molar-refractivity contribution in [2.24, 2.45) is 5.73 Å². The molecule has 2 aromatic heterocycles. The molecule has 0 unspecified atom stereocenters. The van der Waals surface area contributed by atoms with E-state index in [0.717, 1.165) is 16.5 Å². The SMILES string of the molecule is Cl.NCCCNC(=O)c1cc2c(cn1)sc1ccccc12. The number of halogens is 1. The van der Waals surface area contributed by atoms with Crippen LogP contribution in [0.25, 0.3) is 20.2 Å². The van der Waals surface area contributed by atoms with Gasteiger partial charge in [-0.3, -0.25) is 4.79 Å². The monoisotopic (exact) mass is 321 g/mol. The van der Waals surface area contributed by atoms with Crippen molar-refractivity contribution in [3.8, 4) is 0 Å². The highest BCUT2D eigenvalue weighted by Gasteiger charge is 2.10. The minimum atomic E-state index is -0.143. The second-order valence-electron chi connectivity index (χ2n) is 4.56. The Morgan fingerprint density at radius 1 is 1.24 bits per heavy atom. The number of fused-ring (bicyclic) bond motifs is 3. The Hall–Kier alpha value is -1.69. The molecule has 3 N–H and O–H groups in total. The van der Waals surface area contributed by atoms with Gasteiger partial charge in [0.05, 0.1) is 4.70 Å². The Labute approximate surface area is 132 Å². The second-order valence-corrected chi connectivity index (χ2v) is 5.65. The summed E-state index contributed by atoms with van der Waals surface area (Å²) in [5.41, 5.74) is 5.87. The van der Waals surface area contributed by atoms with E-state index in [1.807, 2.05) is 18.2 Å². The van der Waals surface area contributed by atoms with Crippen molar-refractivity contribution in [3.63, 3.8) is 0 Å². The molecule has 21 heavy (non-hydrogen) atoms. The predicted molar refractivity (Wildman–Crippen MR) is 90.4 cm³/mol. The maximum atomic E-state index is 12.0. The number of hydrogen-bond acceptors (Lipinski definition) is 4. The lowest BCUT2D eigenvalue weighted by Gasteiger charge is -2.03. The maximum Gasteiger partial charge on any atom is 0.269 e. The van der Waals surface area contributed by atoms with Crippen LogP contribution >= 0.6 is 23.7 Å². The molecule has 0 saturated heterocycles. The molecule has 110 valence electrons. The zero-order valence-corrected chi connectivity index (χ0v) is 13.0. The van der Waals surface area contributed by atoms with Gasteiger partial charge in [-0.1, -0.05) is 18.2 Å². The summed E-state index contributed by atoms with van der Waals surface area (Å²) in [5.74, 6) is -0.143. The summed E-state index contributed by atoms with van der Waals surface area (Å²) in [5, 5.41) is 5.09. The van der Waals surface area contributed by atoms with E-state index in [1.54, 1.807) is 17.5 Å². The number of benzene rings is 1. The molecular weight excluding hydrogens is 306 g/mol. The molecule has 1 amide bonds. The molecule has 0 atom stereocenters. The number of carbonyl (C=O) groups excluding carboxylic acids is 1. The van der Waals surface area contributed by atoms with Crippen LogP contribution in [0.4, 0.5) is 0 Å². The van der Waals surface area contributed by atoms with Crippen LogP contribution in [0.5, 0.6) is 0 Å². The second kappa shape index (κ2) is 6.85. The minimum absolute atomic E-state index is 0. The summed E-state index contributed by atoms with van der Waals surface area (Å²) in [6, 6.07) is 10.1. The van der Waals surface area contributed by atoms with Crippen molar-refractivity contribution >= 4 is 49.8 Å². The van der Waals surface area contributed by atoms with Gasteiger partial charge in [-0.05, 0) is 25.1 Å². The molecule has 3 aromatic rings. The average Bonchev–Trinajstić information content (AvgIpc) is 2.85. The number of nitrogens with one attached hydrogen (secondary N) is 1. The van der Waals surface area contributed by atoms with Crippen LogP contribution in [-0.4, -0.2) is 24.0 Å². The van der Waals surface area contributed by atoms with Gasteiger partial charge in [0.2, 0.25) is 0 Å². The van der Waals surface area contributed by atoms with Crippen LogP contribution in [0.2, 0.25) is 0 Å². The standard InChI is InChI=1S/C15H15N3OS.ClH/c16-6-3-7-17-15(19)12-8-11-10-4-1-2-5-13(10)20-14(11)9-18-12;/h1-2,4-5,8-9H,3,6-7,16H2,(H,17,19);1H. The van der Waals surface area contributed by atoms with E-state index < -0.39 is 0 Å². The van der Waals surface area contributed by atoms with Crippen LogP contribution in [0.1, 0.15) is 16.9 Å². The maximum absolute atomic E-state index is 12.0. The van der Waals surface area contributed by atoms with Gasteiger partial charge in [0.15, 0.2) is 0 Å². The Bertz CT molecular complexity index is 772. The van der Waals surface area contributed by atoms with E-state index >= 15 is 0 Å². The van der Waals surface area contributed by atoms with E-state index in [0.29, 0.717) is 18.8 Å². The summed E-state index contributed by atoms with van der Waals surface area (Å²) in [4.78, 5) is 16.3. The summed E-state index contributed by atoms with van der Waals surface area (Å²) in [6.45, 7) is 1.15. The number of thiophene rings is 1. The first-order chi connectivity index (χ1) is 9.79. The first-order valence-corrected chi connectivity index (χ1v) is 7.37. The van der Waals surface area contributed by atoms with Crippen LogP contribution in [0, 0.1) is 0 Å². The van der Waals surface area contributed by atoms with Crippen LogP contribution in [-0.2, 0) is 0 Å². The fourth-order valence-corrected chi connectivity index (χ4v) is 3.21.